The maximum atomic E-state index is 6.13. The van der Waals surface area contributed by atoms with Gasteiger partial charge in [0.15, 0.2) is 0 Å². The van der Waals surface area contributed by atoms with E-state index in [2.05, 4.69) is 4.98 Å². The number of thioether (sulfide) groups is 1. The van der Waals surface area contributed by atoms with E-state index >= 15 is 0 Å². The van der Waals surface area contributed by atoms with E-state index < -0.39 is 0 Å². The van der Waals surface area contributed by atoms with E-state index in [1.807, 2.05) is 43.3 Å². The second-order valence-electron chi connectivity index (χ2n) is 4.07. The van der Waals surface area contributed by atoms with Crippen LogP contribution in [-0.2, 0) is 5.75 Å². The van der Waals surface area contributed by atoms with Crippen molar-refractivity contribution in [3.63, 3.8) is 0 Å². The Morgan fingerprint density at radius 3 is 2.78 bits per heavy atom. The molecule has 4 heteroatoms. The molecule has 1 aromatic carbocycles. The van der Waals surface area contributed by atoms with Crippen LogP contribution in [0, 0.1) is 0 Å². The van der Waals surface area contributed by atoms with Crippen molar-refractivity contribution in [2.75, 3.05) is 0 Å². The van der Waals surface area contributed by atoms with Gasteiger partial charge in [-0.3, -0.25) is 0 Å². The number of aromatic nitrogens is 1. The maximum absolute atomic E-state index is 6.13. The third-order valence-corrected chi connectivity index (χ3v) is 4.05. The first-order chi connectivity index (χ1) is 8.68. The molecule has 0 fully saturated rings. The Morgan fingerprint density at radius 2 is 2.06 bits per heavy atom. The summed E-state index contributed by atoms with van der Waals surface area (Å²) in [5, 5.41) is 1.77. The smallest absolute Gasteiger partial charge is 0.101 e. The standard InChI is InChI=1S/C14H15ClN2S/c1-10(16)12-6-4-8-17-14(12)18-9-11-5-2-3-7-13(11)15/h2-8,10H,9,16H2,1H3/t10-/m0/s1. The van der Waals surface area contributed by atoms with Gasteiger partial charge in [-0.1, -0.05) is 35.9 Å². The molecule has 0 saturated carbocycles. The molecule has 0 bridgehead atoms. The highest BCUT2D eigenvalue weighted by Gasteiger charge is 2.09. The third-order valence-electron chi connectivity index (χ3n) is 2.61. The summed E-state index contributed by atoms with van der Waals surface area (Å²) in [5.41, 5.74) is 8.13. The molecule has 2 aromatic rings. The van der Waals surface area contributed by atoms with Crippen LogP contribution in [0.3, 0.4) is 0 Å². The monoisotopic (exact) mass is 278 g/mol. The second kappa shape index (κ2) is 6.23. The van der Waals surface area contributed by atoms with E-state index in [-0.39, 0.29) is 6.04 Å². The van der Waals surface area contributed by atoms with E-state index in [1.54, 1.807) is 18.0 Å². The SMILES string of the molecule is C[C@H](N)c1cccnc1SCc1ccccc1Cl. The normalized spacial score (nSPS) is 12.4. The average Bonchev–Trinajstić information content (AvgIpc) is 2.38. The highest BCUT2D eigenvalue weighted by molar-refractivity contribution is 7.98. The lowest BCUT2D eigenvalue weighted by Crippen LogP contribution is -2.07. The second-order valence-corrected chi connectivity index (χ2v) is 5.44. The van der Waals surface area contributed by atoms with Crippen LogP contribution in [0.15, 0.2) is 47.6 Å². The number of hydrogen-bond donors (Lipinski definition) is 1. The van der Waals surface area contributed by atoms with E-state index in [0.717, 1.165) is 26.9 Å². The summed E-state index contributed by atoms with van der Waals surface area (Å²) in [6.45, 7) is 1.97. The molecule has 1 aromatic heterocycles. The van der Waals surface area contributed by atoms with Crippen molar-refractivity contribution in [3.8, 4) is 0 Å². The zero-order chi connectivity index (χ0) is 13.0. The molecule has 1 heterocycles. The zero-order valence-electron chi connectivity index (χ0n) is 10.1. The lowest BCUT2D eigenvalue weighted by atomic mass is 10.2. The molecule has 94 valence electrons. The average molecular weight is 279 g/mol. The number of nitrogens with two attached hydrogens (primary N) is 1. The number of hydrogen-bond acceptors (Lipinski definition) is 3. The van der Waals surface area contributed by atoms with Gasteiger partial charge < -0.3 is 5.73 Å². The van der Waals surface area contributed by atoms with Gasteiger partial charge in [-0.05, 0) is 24.6 Å². The summed E-state index contributed by atoms with van der Waals surface area (Å²) in [5.74, 6) is 0.802. The topological polar surface area (TPSA) is 38.9 Å². The summed E-state index contributed by atoms with van der Waals surface area (Å²) in [4.78, 5) is 4.38. The summed E-state index contributed by atoms with van der Waals surface area (Å²) < 4.78 is 0. The van der Waals surface area contributed by atoms with Crippen LogP contribution in [0.5, 0.6) is 0 Å². The largest absolute Gasteiger partial charge is 0.324 e. The van der Waals surface area contributed by atoms with Gasteiger partial charge in [-0.25, -0.2) is 4.98 Å². The van der Waals surface area contributed by atoms with E-state index in [1.165, 1.54) is 0 Å². The van der Waals surface area contributed by atoms with Crippen LogP contribution in [0.1, 0.15) is 24.1 Å². The predicted molar refractivity (Wildman–Crippen MR) is 77.9 cm³/mol. The Hall–Kier alpha value is -1.03. The molecule has 0 aliphatic carbocycles. The Kier molecular flexibility index (Phi) is 4.64. The molecule has 0 aliphatic rings. The van der Waals surface area contributed by atoms with E-state index in [9.17, 15) is 0 Å². The Balaban J connectivity index is 2.14. The Labute approximate surface area is 117 Å². The molecule has 0 amide bonds. The highest BCUT2D eigenvalue weighted by Crippen LogP contribution is 2.29. The first-order valence-corrected chi connectivity index (χ1v) is 7.11. The molecule has 2 rings (SSSR count). The Morgan fingerprint density at radius 1 is 1.28 bits per heavy atom. The summed E-state index contributed by atoms with van der Waals surface area (Å²) in [6.07, 6.45) is 1.79. The zero-order valence-corrected chi connectivity index (χ0v) is 11.7. The molecular weight excluding hydrogens is 264 g/mol. The molecule has 0 radical (unpaired) electrons. The van der Waals surface area contributed by atoms with Gasteiger partial charge in [-0.15, -0.1) is 11.8 Å². The number of pyridine rings is 1. The van der Waals surface area contributed by atoms with Gasteiger partial charge >= 0.3 is 0 Å². The molecule has 0 saturated heterocycles. The first kappa shape index (κ1) is 13.4. The van der Waals surface area contributed by atoms with Crippen molar-refractivity contribution in [3.05, 3.63) is 58.7 Å². The summed E-state index contributed by atoms with van der Waals surface area (Å²) in [6, 6.07) is 11.8. The first-order valence-electron chi connectivity index (χ1n) is 5.75. The lowest BCUT2D eigenvalue weighted by molar-refractivity contribution is 0.779. The van der Waals surface area contributed by atoms with Crippen molar-refractivity contribution in [1.82, 2.24) is 4.98 Å². The maximum Gasteiger partial charge on any atom is 0.101 e. The fourth-order valence-corrected chi connectivity index (χ4v) is 3.01. The summed E-state index contributed by atoms with van der Waals surface area (Å²) >= 11 is 7.80. The molecule has 0 spiro atoms. The predicted octanol–water partition coefficient (Wildman–Crippen LogP) is 4.05. The van der Waals surface area contributed by atoms with Crippen LogP contribution in [-0.4, -0.2) is 4.98 Å². The minimum Gasteiger partial charge on any atom is -0.324 e. The number of benzene rings is 1. The quantitative estimate of drug-likeness (QED) is 0.858. The minimum atomic E-state index is -0.00700. The highest BCUT2D eigenvalue weighted by atomic mass is 35.5. The van der Waals surface area contributed by atoms with Gasteiger partial charge in [0.2, 0.25) is 0 Å². The van der Waals surface area contributed by atoms with Gasteiger partial charge in [0.25, 0.3) is 0 Å². The lowest BCUT2D eigenvalue weighted by Gasteiger charge is -2.11. The van der Waals surface area contributed by atoms with Crippen molar-refractivity contribution in [1.29, 1.82) is 0 Å². The molecule has 18 heavy (non-hydrogen) atoms. The Bertz CT molecular complexity index is 529. The van der Waals surface area contributed by atoms with Crippen LogP contribution < -0.4 is 5.73 Å². The molecule has 2 N–H and O–H groups in total. The molecular formula is C14H15ClN2S. The van der Waals surface area contributed by atoms with Crippen LogP contribution >= 0.6 is 23.4 Å². The van der Waals surface area contributed by atoms with Gasteiger partial charge in [0.1, 0.15) is 5.03 Å². The van der Waals surface area contributed by atoms with Crippen LogP contribution in [0.25, 0.3) is 0 Å². The van der Waals surface area contributed by atoms with E-state index in [4.69, 9.17) is 17.3 Å². The minimum absolute atomic E-state index is 0.00700. The van der Waals surface area contributed by atoms with Crippen LogP contribution in [0.2, 0.25) is 5.02 Å². The molecule has 0 aliphatic heterocycles. The number of rotatable bonds is 4. The van der Waals surface area contributed by atoms with Gasteiger partial charge in [0, 0.05) is 28.6 Å². The fraction of sp³-hybridized carbons (Fsp3) is 0.214. The number of nitrogens with zero attached hydrogens (tertiary/aromatic N) is 1. The van der Waals surface area contributed by atoms with Crippen LogP contribution in [0.4, 0.5) is 0 Å². The summed E-state index contributed by atoms with van der Waals surface area (Å²) in [7, 11) is 0. The number of halogens is 1. The van der Waals surface area contributed by atoms with Crippen molar-refractivity contribution < 1.29 is 0 Å². The fourth-order valence-electron chi connectivity index (χ4n) is 1.63. The van der Waals surface area contributed by atoms with Gasteiger partial charge in [0.05, 0.1) is 0 Å². The molecule has 0 unspecified atom stereocenters. The third kappa shape index (κ3) is 3.25. The molecule has 1 atom stereocenters. The van der Waals surface area contributed by atoms with Crippen molar-refractivity contribution >= 4 is 23.4 Å². The van der Waals surface area contributed by atoms with Gasteiger partial charge in [-0.2, -0.15) is 0 Å². The molecule has 2 nitrogen and oxygen atoms in total. The van der Waals surface area contributed by atoms with Crippen molar-refractivity contribution in [2.45, 2.75) is 23.7 Å². The van der Waals surface area contributed by atoms with E-state index in [0.29, 0.717) is 0 Å². The van der Waals surface area contributed by atoms with Crippen molar-refractivity contribution in [2.24, 2.45) is 5.73 Å².